The minimum atomic E-state index is -1.46. The van der Waals surface area contributed by atoms with Gasteiger partial charge in [-0.1, -0.05) is 12.1 Å². The van der Waals surface area contributed by atoms with Crippen LogP contribution >= 0.6 is 0 Å². The van der Waals surface area contributed by atoms with Gasteiger partial charge >= 0.3 is 5.97 Å². The number of carbonyl (C=O) groups is 2. The number of nitrogens with zero attached hydrogens (tertiary/aromatic N) is 4. The molecule has 0 unspecified atom stereocenters. The van der Waals surface area contributed by atoms with Crippen LogP contribution in [0.3, 0.4) is 0 Å². The van der Waals surface area contributed by atoms with E-state index in [2.05, 4.69) is 21.5 Å². The summed E-state index contributed by atoms with van der Waals surface area (Å²) in [4.78, 5) is 30.5. The number of hydrogen-bond acceptors (Lipinski definition) is 7. The first-order chi connectivity index (χ1) is 20.4. The SMILES string of the molecule is Cc1nc2cc(C(=O)NCc3ccc(C#N)cc3)nn2c(-c2cc(F)c3c(c2C)CCCO3)c1[C@H](OC(C)(C)C)C(=O)O. The van der Waals surface area contributed by atoms with Gasteiger partial charge in [0.2, 0.25) is 0 Å². The van der Waals surface area contributed by atoms with Crippen molar-refractivity contribution in [1.82, 2.24) is 19.9 Å². The number of aliphatic carboxylic acids is 1. The number of rotatable bonds is 7. The van der Waals surface area contributed by atoms with E-state index in [0.717, 1.165) is 5.56 Å². The van der Waals surface area contributed by atoms with E-state index in [1.807, 2.05) is 6.92 Å². The number of benzene rings is 2. The highest BCUT2D eigenvalue weighted by atomic mass is 19.1. The minimum Gasteiger partial charge on any atom is -0.490 e. The number of ether oxygens (including phenoxy) is 2. The molecule has 3 heterocycles. The maximum atomic E-state index is 15.5. The van der Waals surface area contributed by atoms with Crippen LogP contribution in [0.1, 0.15) is 77.3 Å². The topological polar surface area (TPSA) is 139 Å². The molecule has 0 aliphatic carbocycles. The number of carboxylic acids is 1. The summed E-state index contributed by atoms with van der Waals surface area (Å²) >= 11 is 0. The molecule has 0 spiro atoms. The number of halogens is 1. The Bertz CT molecular complexity index is 1780. The summed E-state index contributed by atoms with van der Waals surface area (Å²) in [6, 6.07) is 11.7. The molecule has 1 aliphatic rings. The van der Waals surface area contributed by atoms with E-state index in [4.69, 9.17) is 14.7 Å². The molecule has 222 valence electrons. The fourth-order valence-electron chi connectivity index (χ4n) is 5.28. The molecule has 1 aliphatic heterocycles. The highest BCUT2D eigenvalue weighted by Crippen LogP contribution is 2.41. The lowest BCUT2D eigenvalue weighted by molar-refractivity contribution is -0.160. The molecule has 10 nitrogen and oxygen atoms in total. The summed E-state index contributed by atoms with van der Waals surface area (Å²) in [5.74, 6) is -2.10. The van der Waals surface area contributed by atoms with Gasteiger partial charge in [-0.05, 0) is 76.8 Å². The Kier molecular flexibility index (Phi) is 7.90. The van der Waals surface area contributed by atoms with E-state index in [1.165, 1.54) is 16.6 Å². The first-order valence-corrected chi connectivity index (χ1v) is 13.9. The number of fused-ring (bicyclic) bond motifs is 2. The second kappa shape index (κ2) is 11.5. The Morgan fingerprint density at radius 1 is 1.23 bits per heavy atom. The van der Waals surface area contributed by atoms with Crippen molar-refractivity contribution >= 4 is 17.5 Å². The van der Waals surface area contributed by atoms with Crippen LogP contribution in [0, 0.1) is 31.0 Å². The molecular formula is C32H32FN5O5. The molecule has 2 N–H and O–H groups in total. The maximum absolute atomic E-state index is 15.5. The van der Waals surface area contributed by atoms with E-state index >= 15 is 4.39 Å². The lowest BCUT2D eigenvalue weighted by Crippen LogP contribution is -2.29. The summed E-state index contributed by atoms with van der Waals surface area (Å²) < 4.78 is 28.5. The van der Waals surface area contributed by atoms with Crippen molar-refractivity contribution in [2.45, 2.75) is 65.7 Å². The van der Waals surface area contributed by atoms with Crippen molar-refractivity contribution in [3.8, 4) is 23.1 Å². The Morgan fingerprint density at radius 3 is 2.60 bits per heavy atom. The number of carboxylic acid groups (broad SMARTS) is 1. The van der Waals surface area contributed by atoms with E-state index < -0.39 is 29.4 Å². The van der Waals surface area contributed by atoms with Crippen molar-refractivity contribution in [3.05, 3.63) is 81.4 Å². The maximum Gasteiger partial charge on any atom is 0.337 e. The fraction of sp³-hybridized carbons (Fsp3) is 0.344. The molecule has 1 atom stereocenters. The average molecular weight is 586 g/mol. The molecule has 0 bridgehead atoms. The number of aryl methyl sites for hydroxylation is 1. The molecule has 0 saturated carbocycles. The summed E-state index contributed by atoms with van der Waals surface area (Å²) in [6.45, 7) is 9.33. The molecule has 0 radical (unpaired) electrons. The third-order valence-electron chi connectivity index (χ3n) is 7.25. The smallest absolute Gasteiger partial charge is 0.337 e. The molecule has 43 heavy (non-hydrogen) atoms. The quantitative estimate of drug-likeness (QED) is 0.301. The fourth-order valence-corrected chi connectivity index (χ4v) is 5.28. The standard InChI is InChI=1S/C32H32FN5O5/c1-17-21-7-6-12-42-28(21)23(33)13-22(17)27-26(29(31(40)41)43-32(3,4)5)18(2)36-25-14-24(37-38(25)27)30(39)35-16-20-10-8-19(15-34)9-11-20/h8-11,13-14,29H,6-7,12,16H2,1-5H3,(H,35,39)(H,40,41)/t29-/m0/s1. The van der Waals surface area contributed by atoms with Crippen LogP contribution in [0.2, 0.25) is 0 Å². The third-order valence-corrected chi connectivity index (χ3v) is 7.25. The van der Waals surface area contributed by atoms with Gasteiger partial charge in [-0.25, -0.2) is 18.7 Å². The van der Waals surface area contributed by atoms with Gasteiger partial charge in [0.25, 0.3) is 5.91 Å². The van der Waals surface area contributed by atoms with Crippen molar-refractivity contribution in [1.29, 1.82) is 5.26 Å². The van der Waals surface area contributed by atoms with Crippen LogP contribution in [0.5, 0.6) is 5.75 Å². The van der Waals surface area contributed by atoms with Gasteiger partial charge in [-0.3, -0.25) is 4.79 Å². The Labute approximate surface area is 248 Å². The summed E-state index contributed by atoms with van der Waals surface area (Å²) in [5, 5.41) is 26.7. The summed E-state index contributed by atoms with van der Waals surface area (Å²) in [5.41, 5.74) is 3.44. The number of aromatic nitrogens is 3. The molecule has 1 amide bonds. The molecule has 4 aromatic rings. The van der Waals surface area contributed by atoms with Crippen molar-refractivity contribution in [3.63, 3.8) is 0 Å². The number of amides is 1. The first kappa shape index (κ1) is 29.7. The number of hydrogen-bond donors (Lipinski definition) is 2. The molecular weight excluding hydrogens is 553 g/mol. The molecule has 0 saturated heterocycles. The van der Waals surface area contributed by atoms with Gasteiger partial charge in [-0.15, -0.1) is 0 Å². The minimum absolute atomic E-state index is 0.0435. The van der Waals surface area contributed by atoms with Crippen molar-refractivity contribution in [2.24, 2.45) is 0 Å². The lowest BCUT2D eigenvalue weighted by atomic mass is 9.91. The molecule has 2 aromatic carbocycles. The Morgan fingerprint density at radius 2 is 1.95 bits per heavy atom. The van der Waals surface area contributed by atoms with Gasteiger partial charge in [0.15, 0.2) is 29.0 Å². The van der Waals surface area contributed by atoms with Gasteiger partial charge in [-0.2, -0.15) is 10.4 Å². The third kappa shape index (κ3) is 5.92. The van der Waals surface area contributed by atoms with Gasteiger partial charge in [0, 0.05) is 35.0 Å². The number of nitrogens with one attached hydrogen (secondary N) is 1. The van der Waals surface area contributed by atoms with E-state index in [1.54, 1.807) is 52.0 Å². The Balaban J connectivity index is 1.68. The highest BCUT2D eigenvalue weighted by molar-refractivity contribution is 5.93. The van der Waals surface area contributed by atoms with E-state index in [9.17, 15) is 14.7 Å². The van der Waals surface area contributed by atoms with Crippen molar-refractivity contribution < 1.29 is 28.6 Å². The van der Waals surface area contributed by atoms with Gasteiger partial charge in [0.05, 0.1) is 29.5 Å². The van der Waals surface area contributed by atoms with Crippen LogP contribution in [-0.2, 0) is 22.5 Å². The predicted octanol–water partition coefficient (Wildman–Crippen LogP) is 5.22. The van der Waals surface area contributed by atoms with E-state index in [0.29, 0.717) is 47.4 Å². The summed E-state index contributed by atoms with van der Waals surface area (Å²) in [6.07, 6.45) is -0.151. The monoisotopic (exact) mass is 585 g/mol. The van der Waals surface area contributed by atoms with Gasteiger partial charge in [0.1, 0.15) is 0 Å². The summed E-state index contributed by atoms with van der Waals surface area (Å²) in [7, 11) is 0. The van der Waals surface area contributed by atoms with E-state index in [-0.39, 0.29) is 34.9 Å². The zero-order chi connectivity index (χ0) is 31.1. The molecule has 0 fully saturated rings. The predicted molar refractivity (Wildman–Crippen MR) is 155 cm³/mol. The second-order valence-corrected chi connectivity index (χ2v) is 11.5. The second-order valence-electron chi connectivity index (χ2n) is 11.5. The number of carbonyl (C=O) groups excluding carboxylic acids is 1. The van der Waals surface area contributed by atoms with Crippen LogP contribution in [0.25, 0.3) is 16.9 Å². The molecule has 2 aromatic heterocycles. The van der Waals surface area contributed by atoms with Crippen LogP contribution < -0.4 is 10.1 Å². The largest absolute Gasteiger partial charge is 0.490 e. The van der Waals surface area contributed by atoms with Crippen LogP contribution in [0.15, 0.2) is 36.4 Å². The Hall–Kier alpha value is -4.82. The number of nitriles is 1. The highest BCUT2D eigenvalue weighted by Gasteiger charge is 2.35. The van der Waals surface area contributed by atoms with Crippen molar-refractivity contribution in [2.75, 3.05) is 6.61 Å². The van der Waals surface area contributed by atoms with Crippen LogP contribution in [-0.4, -0.2) is 43.8 Å². The zero-order valence-corrected chi connectivity index (χ0v) is 24.6. The lowest BCUT2D eigenvalue weighted by Gasteiger charge is -2.28. The van der Waals surface area contributed by atoms with Crippen LogP contribution in [0.4, 0.5) is 4.39 Å². The molecule has 11 heteroatoms. The zero-order valence-electron chi connectivity index (χ0n) is 24.6. The molecule has 5 rings (SSSR count). The average Bonchev–Trinajstić information content (AvgIpc) is 3.39. The first-order valence-electron chi connectivity index (χ1n) is 13.9. The normalized spacial score (nSPS) is 13.6. The van der Waals surface area contributed by atoms with Gasteiger partial charge < -0.3 is 19.9 Å².